The second-order valence-electron chi connectivity index (χ2n) is 5.46. The largest absolute Gasteiger partial charge is 0.322 e. The summed E-state index contributed by atoms with van der Waals surface area (Å²) in [5.74, 6) is -0.840. The molecule has 1 heterocycles. The Hall–Kier alpha value is -3.61. The van der Waals surface area contributed by atoms with Gasteiger partial charge in [0.2, 0.25) is 5.95 Å². The Morgan fingerprint density at radius 1 is 1.00 bits per heavy atom. The van der Waals surface area contributed by atoms with Gasteiger partial charge in [-0.05, 0) is 49.4 Å². The lowest BCUT2D eigenvalue weighted by atomic mass is 10.1. The summed E-state index contributed by atoms with van der Waals surface area (Å²) in [5, 5.41) is 5.42. The molecule has 0 atom stereocenters. The first-order valence-corrected chi connectivity index (χ1v) is 7.80. The molecule has 0 aliphatic rings. The Labute approximate surface area is 149 Å². The molecule has 0 bridgehead atoms. The number of hydrogen-bond donors (Lipinski definition) is 2. The van der Waals surface area contributed by atoms with E-state index in [9.17, 15) is 14.0 Å². The number of Topliss-reactive ketones (excluding diaryl/α,β-unsaturated/α-hetero) is 1. The van der Waals surface area contributed by atoms with Crippen molar-refractivity contribution in [2.45, 2.75) is 6.92 Å². The third-order valence-corrected chi connectivity index (χ3v) is 3.56. The van der Waals surface area contributed by atoms with E-state index in [0.29, 0.717) is 11.3 Å². The van der Waals surface area contributed by atoms with Crippen LogP contribution in [0.4, 0.5) is 21.7 Å². The van der Waals surface area contributed by atoms with Gasteiger partial charge >= 0.3 is 0 Å². The maximum atomic E-state index is 13.7. The average molecular weight is 350 g/mol. The molecule has 26 heavy (non-hydrogen) atoms. The van der Waals surface area contributed by atoms with Crippen LogP contribution < -0.4 is 10.6 Å². The number of ketones is 1. The van der Waals surface area contributed by atoms with Crippen LogP contribution in [0.25, 0.3) is 0 Å². The first kappa shape index (κ1) is 17.2. The summed E-state index contributed by atoms with van der Waals surface area (Å²) in [7, 11) is 0. The Morgan fingerprint density at radius 2 is 1.73 bits per heavy atom. The molecule has 2 aromatic carbocycles. The van der Waals surface area contributed by atoms with Crippen molar-refractivity contribution >= 4 is 29.0 Å². The molecular weight excluding hydrogens is 335 g/mol. The minimum atomic E-state index is -0.448. The van der Waals surface area contributed by atoms with E-state index < -0.39 is 11.7 Å². The normalized spacial score (nSPS) is 10.2. The van der Waals surface area contributed by atoms with Crippen LogP contribution in [0.5, 0.6) is 0 Å². The van der Waals surface area contributed by atoms with E-state index in [2.05, 4.69) is 20.6 Å². The van der Waals surface area contributed by atoms with Crippen molar-refractivity contribution in [2.75, 3.05) is 10.6 Å². The van der Waals surface area contributed by atoms with Gasteiger partial charge in [0, 0.05) is 17.4 Å². The minimum Gasteiger partial charge on any atom is -0.322 e. The van der Waals surface area contributed by atoms with E-state index in [1.165, 1.54) is 25.3 Å². The van der Waals surface area contributed by atoms with Crippen LogP contribution in [-0.2, 0) is 0 Å². The highest BCUT2D eigenvalue weighted by Gasteiger charge is 2.11. The minimum absolute atomic E-state index is 0.0532. The molecule has 0 unspecified atom stereocenters. The Morgan fingerprint density at radius 3 is 2.42 bits per heavy atom. The molecule has 1 aromatic heterocycles. The van der Waals surface area contributed by atoms with Gasteiger partial charge in [-0.2, -0.15) is 0 Å². The summed E-state index contributed by atoms with van der Waals surface area (Å²) in [6.45, 7) is 1.47. The number of rotatable bonds is 5. The van der Waals surface area contributed by atoms with Crippen LogP contribution in [0.1, 0.15) is 27.8 Å². The highest BCUT2D eigenvalue weighted by atomic mass is 19.1. The van der Waals surface area contributed by atoms with Crippen molar-refractivity contribution in [1.29, 1.82) is 0 Å². The molecular formula is C19H15FN4O2. The zero-order valence-corrected chi connectivity index (χ0v) is 13.9. The SMILES string of the molecule is CC(=O)c1ccc(NC(=O)c2ccnc(Nc3ccccc3F)n2)cc1. The predicted octanol–water partition coefficient (Wildman–Crippen LogP) is 3.81. The monoisotopic (exact) mass is 350 g/mol. The standard InChI is InChI=1S/C19H15FN4O2/c1-12(25)13-6-8-14(9-7-13)22-18(26)17-10-11-21-19(24-17)23-16-5-3-2-4-15(16)20/h2-11H,1H3,(H,22,26)(H,21,23,24). The number of para-hydroxylation sites is 1. The Balaban J connectivity index is 1.74. The molecule has 2 N–H and O–H groups in total. The van der Waals surface area contributed by atoms with Crippen molar-refractivity contribution in [3.8, 4) is 0 Å². The smallest absolute Gasteiger partial charge is 0.274 e. The van der Waals surface area contributed by atoms with E-state index in [1.807, 2.05) is 0 Å². The lowest BCUT2D eigenvalue weighted by Gasteiger charge is -2.08. The van der Waals surface area contributed by atoms with Crippen molar-refractivity contribution < 1.29 is 14.0 Å². The summed E-state index contributed by atoms with van der Waals surface area (Å²) in [6.07, 6.45) is 1.41. The highest BCUT2D eigenvalue weighted by molar-refractivity contribution is 6.03. The third kappa shape index (κ3) is 4.07. The number of amides is 1. The number of nitrogens with zero attached hydrogens (tertiary/aromatic N) is 2. The van der Waals surface area contributed by atoms with E-state index in [-0.39, 0.29) is 23.1 Å². The number of anilines is 3. The van der Waals surface area contributed by atoms with Crippen LogP contribution in [-0.4, -0.2) is 21.7 Å². The molecule has 0 saturated heterocycles. The molecule has 3 rings (SSSR count). The second-order valence-corrected chi connectivity index (χ2v) is 5.46. The lowest BCUT2D eigenvalue weighted by molar-refractivity contribution is 0.101. The molecule has 6 nitrogen and oxygen atoms in total. The second kappa shape index (κ2) is 7.52. The molecule has 0 aliphatic heterocycles. The topological polar surface area (TPSA) is 84.0 Å². The van der Waals surface area contributed by atoms with Gasteiger partial charge in [0.1, 0.15) is 11.5 Å². The zero-order chi connectivity index (χ0) is 18.5. The van der Waals surface area contributed by atoms with Crippen molar-refractivity contribution in [3.63, 3.8) is 0 Å². The summed E-state index contributed by atoms with van der Waals surface area (Å²) >= 11 is 0. The van der Waals surface area contributed by atoms with Gasteiger partial charge in [-0.25, -0.2) is 14.4 Å². The van der Waals surface area contributed by atoms with Crippen molar-refractivity contribution in [3.05, 3.63) is 77.9 Å². The van der Waals surface area contributed by atoms with Crippen LogP contribution in [0.3, 0.4) is 0 Å². The van der Waals surface area contributed by atoms with Crippen LogP contribution in [0, 0.1) is 5.82 Å². The number of hydrogen-bond acceptors (Lipinski definition) is 5. The number of aromatic nitrogens is 2. The molecule has 1 amide bonds. The number of carbonyl (C=O) groups excluding carboxylic acids is 2. The number of halogens is 1. The number of benzene rings is 2. The lowest BCUT2D eigenvalue weighted by Crippen LogP contribution is -2.15. The predicted molar refractivity (Wildman–Crippen MR) is 96.1 cm³/mol. The van der Waals surface area contributed by atoms with Gasteiger partial charge in [-0.15, -0.1) is 0 Å². The first-order chi connectivity index (χ1) is 12.5. The third-order valence-electron chi connectivity index (χ3n) is 3.56. The van der Waals surface area contributed by atoms with Gasteiger partial charge in [0.25, 0.3) is 5.91 Å². The van der Waals surface area contributed by atoms with E-state index in [1.54, 1.807) is 42.5 Å². The summed E-state index contributed by atoms with van der Waals surface area (Å²) < 4.78 is 13.7. The highest BCUT2D eigenvalue weighted by Crippen LogP contribution is 2.17. The molecule has 0 saturated carbocycles. The summed E-state index contributed by atoms with van der Waals surface area (Å²) in [4.78, 5) is 31.7. The van der Waals surface area contributed by atoms with E-state index in [0.717, 1.165) is 0 Å². The summed E-state index contributed by atoms with van der Waals surface area (Å²) in [5.41, 5.74) is 1.42. The Kier molecular flexibility index (Phi) is 4.98. The van der Waals surface area contributed by atoms with Gasteiger partial charge < -0.3 is 10.6 Å². The first-order valence-electron chi connectivity index (χ1n) is 7.80. The van der Waals surface area contributed by atoms with E-state index >= 15 is 0 Å². The van der Waals surface area contributed by atoms with Gasteiger partial charge in [0.05, 0.1) is 5.69 Å². The number of nitrogens with one attached hydrogen (secondary N) is 2. The summed E-state index contributed by atoms with van der Waals surface area (Å²) in [6, 6.07) is 14.1. The fourth-order valence-corrected chi connectivity index (χ4v) is 2.21. The van der Waals surface area contributed by atoms with Gasteiger partial charge in [-0.1, -0.05) is 12.1 Å². The maximum Gasteiger partial charge on any atom is 0.274 e. The molecule has 0 radical (unpaired) electrons. The molecule has 0 aliphatic carbocycles. The zero-order valence-electron chi connectivity index (χ0n) is 13.9. The number of carbonyl (C=O) groups is 2. The van der Waals surface area contributed by atoms with Gasteiger partial charge in [0.15, 0.2) is 5.78 Å². The quantitative estimate of drug-likeness (QED) is 0.684. The van der Waals surface area contributed by atoms with Crippen molar-refractivity contribution in [1.82, 2.24) is 9.97 Å². The van der Waals surface area contributed by atoms with E-state index in [4.69, 9.17) is 0 Å². The van der Waals surface area contributed by atoms with Crippen LogP contribution >= 0.6 is 0 Å². The van der Waals surface area contributed by atoms with Crippen LogP contribution in [0.2, 0.25) is 0 Å². The van der Waals surface area contributed by atoms with Crippen LogP contribution in [0.15, 0.2) is 60.8 Å². The molecule has 130 valence electrons. The Bertz CT molecular complexity index is 958. The van der Waals surface area contributed by atoms with Crippen molar-refractivity contribution in [2.24, 2.45) is 0 Å². The molecule has 0 fully saturated rings. The molecule has 0 spiro atoms. The average Bonchev–Trinajstić information content (AvgIpc) is 2.64. The maximum absolute atomic E-state index is 13.7. The fraction of sp³-hybridized carbons (Fsp3) is 0.0526. The molecule has 7 heteroatoms. The molecule has 3 aromatic rings. The van der Waals surface area contributed by atoms with Gasteiger partial charge in [-0.3, -0.25) is 9.59 Å². The fourth-order valence-electron chi connectivity index (χ4n) is 2.21.